The quantitative estimate of drug-likeness (QED) is 0.422. The number of benzene rings is 2. The third-order valence-corrected chi connectivity index (χ3v) is 6.21. The van der Waals surface area contributed by atoms with E-state index in [4.69, 9.17) is 9.72 Å². The van der Waals surface area contributed by atoms with Gasteiger partial charge in [-0.05, 0) is 68.5 Å². The topological polar surface area (TPSA) is 47.4 Å². The standard InChI is InChI=1S/C24H29N3O2S/c1-3-15-26(16-18-9-10-18)23(28)17-30-24-25-21-7-5-6-8-22(21)27(24)19-11-13-20(14-12-19)29-4-2/h5-8,11-14,18H,3-4,9-10,15-17H2,1-2H3. The molecule has 0 atom stereocenters. The summed E-state index contributed by atoms with van der Waals surface area (Å²) in [4.78, 5) is 19.8. The summed E-state index contributed by atoms with van der Waals surface area (Å²) in [5.74, 6) is 2.18. The van der Waals surface area contributed by atoms with Crippen LogP contribution in [-0.4, -0.2) is 45.8 Å². The molecule has 0 N–H and O–H groups in total. The maximum absolute atomic E-state index is 12.9. The number of thioether (sulfide) groups is 1. The number of aromatic nitrogens is 2. The summed E-state index contributed by atoms with van der Waals surface area (Å²) in [6.45, 7) is 6.50. The molecule has 1 aromatic heterocycles. The molecule has 1 heterocycles. The number of carbonyl (C=O) groups is 1. The Kier molecular flexibility index (Phi) is 6.62. The maximum atomic E-state index is 12.9. The predicted molar refractivity (Wildman–Crippen MR) is 123 cm³/mol. The monoisotopic (exact) mass is 423 g/mol. The van der Waals surface area contributed by atoms with Crippen LogP contribution in [0.1, 0.15) is 33.1 Å². The first-order valence-corrected chi connectivity index (χ1v) is 11.8. The number of ether oxygens (including phenoxy) is 1. The molecule has 5 nitrogen and oxygen atoms in total. The second-order valence-corrected chi connectivity index (χ2v) is 8.66. The molecule has 0 radical (unpaired) electrons. The molecule has 1 amide bonds. The Hall–Kier alpha value is -2.47. The van der Waals surface area contributed by atoms with E-state index in [-0.39, 0.29) is 5.91 Å². The van der Waals surface area contributed by atoms with Gasteiger partial charge in [0.05, 0.1) is 23.4 Å². The second-order valence-electron chi connectivity index (χ2n) is 7.72. The van der Waals surface area contributed by atoms with Crippen LogP contribution in [0.25, 0.3) is 16.7 Å². The van der Waals surface area contributed by atoms with E-state index in [1.165, 1.54) is 24.6 Å². The van der Waals surface area contributed by atoms with Gasteiger partial charge in [-0.25, -0.2) is 4.98 Å². The number of imidazole rings is 1. The van der Waals surface area contributed by atoms with E-state index in [1.807, 2.05) is 54.3 Å². The van der Waals surface area contributed by atoms with Gasteiger partial charge in [0.2, 0.25) is 5.91 Å². The first-order chi connectivity index (χ1) is 14.7. The number of fused-ring (bicyclic) bond motifs is 1. The fourth-order valence-electron chi connectivity index (χ4n) is 3.63. The van der Waals surface area contributed by atoms with Crippen LogP contribution in [0.4, 0.5) is 0 Å². The zero-order valence-corrected chi connectivity index (χ0v) is 18.5. The third-order valence-electron chi connectivity index (χ3n) is 5.28. The van der Waals surface area contributed by atoms with Crippen molar-refractivity contribution < 1.29 is 9.53 Å². The highest BCUT2D eigenvalue weighted by molar-refractivity contribution is 7.99. The Labute approximate surface area is 182 Å². The van der Waals surface area contributed by atoms with Gasteiger partial charge in [0.15, 0.2) is 5.16 Å². The Morgan fingerprint density at radius 3 is 2.63 bits per heavy atom. The van der Waals surface area contributed by atoms with Crippen molar-refractivity contribution in [1.29, 1.82) is 0 Å². The van der Waals surface area contributed by atoms with Crippen molar-refractivity contribution in [2.75, 3.05) is 25.4 Å². The third kappa shape index (κ3) is 4.81. The second kappa shape index (κ2) is 9.56. The molecule has 2 aromatic carbocycles. The first-order valence-electron chi connectivity index (χ1n) is 10.8. The molecule has 1 fully saturated rings. The van der Waals surface area contributed by atoms with Crippen LogP contribution in [0.5, 0.6) is 5.75 Å². The van der Waals surface area contributed by atoms with Crippen molar-refractivity contribution in [3.05, 3.63) is 48.5 Å². The predicted octanol–water partition coefficient (Wildman–Crippen LogP) is 5.16. The van der Waals surface area contributed by atoms with Gasteiger partial charge < -0.3 is 9.64 Å². The first kappa shape index (κ1) is 20.8. The Morgan fingerprint density at radius 2 is 1.93 bits per heavy atom. The Morgan fingerprint density at radius 1 is 1.17 bits per heavy atom. The smallest absolute Gasteiger partial charge is 0.233 e. The van der Waals surface area contributed by atoms with Gasteiger partial charge in [-0.2, -0.15) is 0 Å². The molecule has 158 valence electrons. The summed E-state index contributed by atoms with van der Waals surface area (Å²) in [6.07, 6.45) is 3.51. The molecular weight excluding hydrogens is 394 g/mol. The van der Waals surface area contributed by atoms with Crippen LogP contribution in [0.15, 0.2) is 53.7 Å². The fraction of sp³-hybridized carbons (Fsp3) is 0.417. The van der Waals surface area contributed by atoms with E-state index < -0.39 is 0 Å². The normalized spacial score (nSPS) is 13.5. The van der Waals surface area contributed by atoms with Crippen LogP contribution >= 0.6 is 11.8 Å². The molecule has 0 bridgehead atoms. The molecule has 1 aliphatic rings. The van der Waals surface area contributed by atoms with Crippen LogP contribution in [0.3, 0.4) is 0 Å². The highest BCUT2D eigenvalue weighted by Crippen LogP contribution is 2.31. The minimum absolute atomic E-state index is 0.207. The van der Waals surface area contributed by atoms with Crippen molar-refractivity contribution in [1.82, 2.24) is 14.5 Å². The molecule has 0 saturated heterocycles. The van der Waals surface area contributed by atoms with Gasteiger partial charge in [0, 0.05) is 18.8 Å². The van der Waals surface area contributed by atoms with Crippen molar-refractivity contribution in [2.45, 2.75) is 38.3 Å². The Bertz CT molecular complexity index is 995. The average Bonchev–Trinajstić information content (AvgIpc) is 3.50. The minimum atomic E-state index is 0.207. The molecule has 30 heavy (non-hydrogen) atoms. The number of hydrogen-bond donors (Lipinski definition) is 0. The number of nitrogens with zero attached hydrogens (tertiary/aromatic N) is 3. The van der Waals surface area contributed by atoms with Gasteiger partial charge >= 0.3 is 0 Å². The zero-order chi connectivity index (χ0) is 20.9. The molecule has 1 aliphatic carbocycles. The van der Waals surface area contributed by atoms with Crippen LogP contribution in [0.2, 0.25) is 0 Å². The molecule has 4 rings (SSSR count). The zero-order valence-electron chi connectivity index (χ0n) is 17.7. The van der Waals surface area contributed by atoms with Crippen molar-refractivity contribution in [3.8, 4) is 11.4 Å². The summed E-state index contributed by atoms with van der Waals surface area (Å²) in [5.41, 5.74) is 3.00. The minimum Gasteiger partial charge on any atom is -0.494 e. The summed E-state index contributed by atoms with van der Waals surface area (Å²) < 4.78 is 7.71. The van der Waals surface area contributed by atoms with E-state index in [9.17, 15) is 4.79 Å². The SMILES string of the molecule is CCCN(CC1CC1)C(=O)CSc1nc2ccccc2n1-c1ccc(OCC)cc1. The Balaban J connectivity index is 1.57. The van der Waals surface area contributed by atoms with Gasteiger partial charge in [-0.1, -0.05) is 30.8 Å². The summed E-state index contributed by atoms with van der Waals surface area (Å²) in [7, 11) is 0. The highest BCUT2D eigenvalue weighted by atomic mass is 32.2. The maximum Gasteiger partial charge on any atom is 0.233 e. The van der Waals surface area contributed by atoms with E-state index in [0.29, 0.717) is 18.3 Å². The highest BCUT2D eigenvalue weighted by Gasteiger charge is 2.26. The van der Waals surface area contributed by atoms with Crippen LogP contribution in [0, 0.1) is 5.92 Å². The summed E-state index contributed by atoms with van der Waals surface area (Å²) in [5, 5.41) is 0.844. The van der Waals surface area contributed by atoms with Gasteiger partial charge in [-0.15, -0.1) is 0 Å². The molecule has 0 aliphatic heterocycles. The van der Waals surface area contributed by atoms with Crippen molar-refractivity contribution in [2.24, 2.45) is 5.92 Å². The molecular formula is C24H29N3O2S. The molecule has 6 heteroatoms. The molecule has 1 saturated carbocycles. The lowest BCUT2D eigenvalue weighted by molar-refractivity contribution is -0.128. The molecule has 0 spiro atoms. The number of rotatable bonds is 10. The molecule has 0 unspecified atom stereocenters. The van der Waals surface area contributed by atoms with Gasteiger partial charge in [-0.3, -0.25) is 9.36 Å². The lowest BCUT2D eigenvalue weighted by Gasteiger charge is -2.21. The molecule has 3 aromatic rings. The van der Waals surface area contributed by atoms with E-state index in [1.54, 1.807) is 0 Å². The van der Waals surface area contributed by atoms with Crippen LogP contribution in [-0.2, 0) is 4.79 Å². The van der Waals surface area contributed by atoms with Crippen LogP contribution < -0.4 is 4.74 Å². The van der Waals surface area contributed by atoms with E-state index in [0.717, 1.165) is 47.1 Å². The van der Waals surface area contributed by atoms with Crippen molar-refractivity contribution >= 4 is 28.7 Å². The summed E-state index contributed by atoms with van der Waals surface area (Å²) >= 11 is 1.52. The number of amides is 1. The van der Waals surface area contributed by atoms with E-state index >= 15 is 0 Å². The van der Waals surface area contributed by atoms with Crippen molar-refractivity contribution in [3.63, 3.8) is 0 Å². The van der Waals surface area contributed by atoms with Gasteiger partial charge in [0.25, 0.3) is 0 Å². The summed E-state index contributed by atoms with van der Waals surface area (Å²) in [6, 6.07) is 16.1. The lowest BCUT2D eigenvalue weighted by atomic mass is 10.2. The van der Waals surface area contributed by atoms with Gasteiger partial charge in [0.1, 0.15) is 5.75 Å². The largest absolute Gasteiger partial charge is 0.494 e. The average molecular weight is 424 g/mol. The number of para-hydroxylation sites is 2. The number of carbonyl (C=O) groups excluding carboxylic acids is 1. The fourth-order valence-corrected chi connectivity index (χ4v) is 4.56. The number of hydrogen-bond acceptors (Lipinski definition) is 4. The lowest BCUT2D eigenvalue weighted by Crippen LogP contribution is -2.35. The van der Waals surface area contributed by atoms with E-state index in [2.05, 4.69) is 17.6 Å².